The Kier molecular flexibility index (Phi) is 3.41. The van der Waals surface area contributed by atoms with Gasteiger partial charge in [-0.25, -0.2) is 0 Å². The van der Waals surface area contributed by atoms with Gasteiger partial charge in [-0.05, 0) is 38.3 Å². The van der Waals surface area contributed by atoms with Gasteiger partial charge in [-0.1, -0.05) is 12.1 Å². The molecule has 1 saturated carbocycles. The van der Waals surface area contributed by atoms with Gasteiger partial charge < -0.3 is 15.0 Å². The lowest BCUT2D eigenvalue weighted by molar-refractivity contribution is 0.335. The molecule has 2 fully saturated rings. The third-order valence-electron chi connectivity index (χ3n) is 4.11. The van der Waals surface area contributed by atoms with E-state index in [2.05, 4.69) is 34.5 Å². The number of rotatable bonds is 3. The van der Waals surface area contributed by atoms with Crippen LogP contribution in [0.2, 0.25) is 0 Å². The van der Waals surface area contributed by atoms with Crippen LogP contribution in [0.5, 0.6) is 5.75 Å². The third-order valence-corrected chi connectivity index (χ3v) is 4.11. The van der Waals surface area contributed by atoms with E-state index in [1.165, 1.54) is 24.9 Å². The number of anilines is 1. The van der Waals surface area contributed by atoms with Gasteiger partial charge in [0.2, 0.25) is 0 Å². The summed E-state index contributed by atoms with van der Waals surface area (Å²) >= 11 is 0. The number of hydrogen-bond donors (Lipinski definition) is 1. The Labute approximate surface area is 109 Å². The highest BCUT2D eigenvalue weighted by Crippen LogP contribution is 2.35. The fourth-order valence-corrected chi connectivity index (χ4v) is 3.36. The average molecular weight is 246 g/mol. The Balaban J connectivity index is 1.88. The fraction of sp³-hybridized carbons (Fsp3) is 0.600. The SMILES string of the molecule is CCOc1ccccc1N1CCN[C@H]2CCC[C@@H]21. The molecule has 1 saturated heterocycles. The van der Waals surface area contributed by atoms with E-state index in [9.17, 15) is 0 Å². The van der Waals surface area contributed by atoms with Gasteiger partial charge in [0.05, 0.1) is 12.3 Å². The van der Waals surface area contributed by atoms with Crippen molar-refractivity contribution in [3.05, 3.63) is 24.3 Å². The van der Waals surface area contributed by atoms with Gasteiger partial charge in [-0.3, -0.25) is 0 Å². The lowest BCUT2D eigenvalue weighted by atomic mass is 10.1. The molecule has 3 nitrogen and oxygen atoms in total. The van der Waals surface area contributed by atoms with Crippen LogP contribution in [0.1, 0.15) is 26.2 Å². The minimum Gasteiger partial charge on any atom is -0.492 e. The molecule has 1 aromatic rings. The second-order valence-corrected chi connectivity index (χ2v) is 5.15. The largest absolute Gasteiger partial charge is 0.492 e. The summed E-state index contributed by atoms with van der Waals surface area (Å²) in [6.45, 7) is 4.96. The first-order valence-corrected chi connectivity index (χ1v) is 7.12. The maximum absolute atomic E-state index is 5.78. The molecule has 2 atom stereocenters. The lowest BCUT2D eigenvalue weighted by Gasteiger charge is -2.40. The molecule has 0 amide bonds. The molecule has 1 aliphatic carbocycles. The van der Waals surface area contributed by atoms with E-state index < -0.39 is 0 Å². The normalized spacial score (nSPS) is 27.1. The maximum Gasteiger partial charge on any atom is 0.142 e. The Morgan fingerprint density at radius 2 is 2.22 bits per heavy atom. The molecule has 1 aromatic carbocycles. The molecular weight excluding hydrogens is 224 g/mol. The summed E-state index contributed by atoms with van der Waals surface area (Å²) in [7, 11) is 0. The Hall–Kier alpha value is -1.22. The standard InChI is InChI=1S/C15H22N2O/c1-2-18-15-9-4-3-7-14(15)17-11-10-16-12-6-5-8-13(12)17/h3-4,7,9,12-13,16H,2,5-6,8,10-11H2,1H3/t12-,13-/m0/s1. The highest BCUT2D eigenvalue weighted by Gasteiger charge is 2.35. The molecule has 0 bridgehead atoms. The van der Waals surface area contributed by atoms with Crippen LogP contribution < -0.4 is 15.0 Å². The van der Waals surface area contributed by atoms with Crippen LogP contribution in [0.15, 0.2) is 24.3 Å². The second-order valence-electron chi connectivity index (χ2n) is 5.15. The van der Waals surface area contributed by atoms with Crippen LogP contribution in [0.3, 0.4) is 0 Å². The zero-order valence-corrected chi connectivity index (χ0v) is 11.1. The number of ether oxygens (including phenoxy) is 1. The number of fused-ring (bicyclic) bond motifs is 1. The fourth-order valence-electron chi connectivity index (χ4n) is 3.36. The highest BCUT2D eigenvalue weighted by molar-refractivity contribution is 5.60. The Bertz CT molecular complexity index is 407. The minimum absolute atomic E-state index is 0.653. The number of nitrogens with one attached hydrogen (secondary N) is 1. The van der Waals surface area contributed by atoms with Gasteiger partial charge in [0.25, 0.3) is 0 Å². The second kappa shape index (κ2) is 5.19. The first-order chi connectivity index (χ1) is 8.90. The lowest BCUT2D eigenvalue weighted by Crippen LogP contribution is -2.55. The molecule has 1 N–H and O–H groups in total. The highest BCUT2D eigenvalue weighted by atomic mass is 16.5. The van der Waals surface area contributed by atoms with E-state index in [0.29, 0.717) is 12.1 Å². The first kappa shape index (κ1) is 11.8. The molecule has 3 rings (SSSR count). The van der Waals surface area contributed by atoms with Gasteiger partial charge in [0.1, 0.15) is 5.75 Å². The molecule has 0 aromatic heterocycles. The number of para-hydroxylation sites is 2. The monoisotopic (exact) mass is 246 g/mol. The molecule has 2 aliphatic rings. The van der Waals surface area contributed by atoms with Crippen molar-refractivity contribution in [2.24, 2.45) is 0 Å². The summed E-state index contributed by atoms with van der Waals surface area (Å²) in [5.74, 6) is 1.03. The molecule has 1 aliphatic heterocycles. The van der Waals surface area contributed by atoms with E-state index in [-0.39, 0.29) is 0 Å². The number of benzene rings is 1. The smallest absolute Gasteiger partial charge is 0.142 e. The van der Waals surface area contributed by atoms with Crippen molar-refractivity contribution in [3.63, 3.8) is 0 Å². The van der Waals surface area contributed by atoms with E-state index in [0.717, 1.165) is 25.4 Å². The summed E-state index contributed by atoms with van der Waals surface area (Å²) < 4.78 is 5.78. The van der Waals surface area contributed by atoms with Gasteiger partial charge in [-0.15, -0.1) is 0 Å². The van der Waals surface area contributed by atoms with E-state index in [1.807, 2.05) is 6.92 Å². The summed E-state index contributed by atoms with van der Waals surface area (Å²) in [4.78, 5) is 2.55. The molecule has 0 radical (unpaired) electrons. The molecule has 1 heterocycles. The van der Waals surface area contributed by atoms with Crippen LogP contribution in [-0.4, -0.2) is 31.8 Å². The third kappa shape index (κ3) is 2.07. The van der Waals surface area contributed by atoms with Gasteiger partial charge >= 0.3 is 0 Å². The average Bonchev–Trinajstić information content (AvgIpc) is 2.88. The van der Waals surface area contributed by atoms with Crippen LogP contribution in [0.25, 0.3) is 0 Å². The first-order valence-electron chi connectivity index (χ1n) is 7.12. The van der Waals surface area contributed by atoms with Crippen LogP contribution in [-0.2, 0) is 0 Å². The summed E-state index contributed by atoms with van der Waals surface area (Å²) in [5, 5.41) is 3.65. The van der Waals surface area contributed by atoms with E-state index in [1.54, 1.807) is 0 Å². The van der Waals surface area contributed by atoms with E-state index >= 15 is 0 Å². The molecular formula is C15H22N2O. The maximum atomic E-state index is 5.78. The Morgan fingerprint density at radius 1 is 1.33 bits per heavy atom. The quantitative estimate of drug-likeness (QED) is 0.886. The van der Waals surface area contributed by atoms with Crippen LogP contribution in [0, 0.1) is 0 Å². The van der Waals surface area contributed by atoms with Crippen molar-refractivity contribution in [3.8, 4) is 5.75 Å². The van der Waals surface area contributed by atoms with Crippen molar-refractivity contribution in [2.45, 2.75) is 38.3 Å². The van der Waals surface area contributed by atoms with Crippen molar-refractivity contribution in [2.75, 3.05) is 24.6 Å². The zero-order chi connectivity index (χ0) is 12.4. The van der Waals surface area contributed by atoms with Crippen LogP contribution >= 0.6 is 0 Å². The minimum atomic E-state index is 0.653. The summed E-state index contributed by atoms with van der Waals surface area (Å²) in [6.07, 6.45) is 3.96. The van der Waals surface area contributed by atoms with Crippen molar-refractivity contribution < 1.29 is 4.74 Å². The van der Waals surface area contributed by atoms with E-state index in [4.69, 9.17) is 4.74 Å². The summed E-state index contributed by atoms with van der Waals surface area (Å²) in [6, 6.07) is 9.79. The summed E-state index contributed by atoms with van der Waals surface area (Å²) in [5.41, 5.74) is 1.28. The zero-order valence-electron chi connectivity index (χ0n) is 11.1. The predicted octanol–water partition coefficient (Wildman–Crippen LogP) is 2.42. The number of piperazine rings is 1. The molecule has 18 heavy (non-hydrogen) atoms. The molecule has 3 heteroatoms. The molecule has 98 valence electrons. The van der Waals surface area contributed by atoms with Crippen molar-refractivity contribution in [1.29, 1.82) is 0 Å². The molecule has 0 spiro atoms. The van der Waals surface area contributed by atoms with Crippen LogP contribution in [0.4, 0.5) is 5.69 Å². The Morgan fingerprint density at radius 3 is 3.11 bits per heavy atom. The van der Waals surface area contributed by atoms with Gasteiger partial charge in [0.15, 0.2) is 0 Å². The van der Waals surface area contributed by atoms with Gasteiger partial charge in [-0.2, -0.15) is 0 Å². The topological polar surface area (TPSA) is 24.5 Å². The van der Waals surface area contributed by atoms with Crippen molar-refractivity contribution in [1.82, 2.24) is 5.32 Å². The number of hydrogen-bond acceptors (Lipinski definition) is 3. The number of nitrogens with zero attached hydrogens (tertiary/aromatic N) is 1. The van der Waals surface area contributed by atoms with Gasteiger partial charge in [0, 0.05) is 25.2 Å². The predicted molar refractivity (Wildman–Crippen MR) is 74.4 cm³/mol. The molecule has 0 unspecified atom stereocenters. The van der Waals surface area contributed by atoms with Crippen molar-refractivity contribution >= 4 is 5.69 Å².